The first-order valence-electron chi connectivity index (χ1n) is 7.93. The van der Waals surface area contributed by atoms with Gasteiger partial charge in [-0.25, -0.2) is 9.77 Å². The molecule has 0 aliphatic carbocycles. The van der Waals surface area contributed by atoms with Gasteiger partial charge in [-0.3, -0.25) is 0 Å². The maximum atomic E-state index is 5.44. The number of para-hydroxylation sites is 1. The monoisotopic (exact) mass is 372 g/mol. The molecule has 2 aromatic carbocycles. The third kappa shape index (κ3) is 3.50. The molecule has 2 N–H and O–H groups in total. The van der Waals surface area contributed by atoms with E-state index in [0.717, 1.165) is 22.6 Å². The summed E-state index contributed by atoms with van der Waals surface area (Å²) in [5, 5.41) is 7.15. The van der Waals surface area contributed by atoms with Crippen molar-refractivity contribution in [2.24, 2.45) is 0 Å². The summed E-state index contributed by atoms with van der Waals surface area (Å²) in [5.74, 6) is 2.82. The number of aromatic nitrogens is 3. The van der Waals surface area contributed by atoms with Gasteiger partial charge in [-0.1, -0.05) is 12.1 Å². The molecule has 0 aliphatic rings. The molecule has 0 aliphatic heterocycles. The molecule has 7 nitrogen and oxygen atoms in total. The Balaban J connectivity index is 1.90. The van der Waals surface area contributed by atoms with Crippen molar-refractivity contribution in [3.05, 3.63) is 52.8 Å². The van der Waals surface area contributed by atoms with E-state index in [-0.39, 0.29) is 0 Å². The summed E-state index contributed by atoms with van der Waals surface area (Å²) < 4.78 is 18.3. The quantitative estimate of drug-likeness (QED) is 0.620. The average Bonchev–Trinajstić information content (AvgIpc) is 3.06. The Kier molecular flexibility index (Phi) is 5.43. The van der Waals surface area contributed by atoms with E-state index in [1.54, 1.807) is 26.0 Å². The Morgan fingerprint density at radius 1 is 1.04 bits per heavy atom. The highest BCUT2D eigenvalue weighted by atomic mass is 32.1. The number of ether oxygens (including phenoxy) is 3. The topological polar surface area (TPSA) is 73.3 Å². The summed E-state index contributed by atoms with van der Waals surface area (Å²) in [6.07, 6.45) is 0. The van der Waals surface area contributed by atoms with Gasteiger partial charge in [0, 0.05) is 11.6 Å². The van der Waals surface area contributed by atoms with Gasteiger partial charge in [-0.2, -0.15) is 5.10 Å². The van der Waals surface area contributed by atoms with E-state index in [2.05, 4.69) is 15.6 Å². The van der Waals surface area contributed by atoms with Gasteiger partial charge in [0.05, 0.1) is 33.4 Å². The second kappa shape index (κ2) is 7.92. The predicted octanol–water partition coefficient (Wildman–Crippen LogP) is 3.38. The highest BCUT2D eigenvalue weighted by Crippen LogP contribution is 2.28. The largest absolute Gasteiger partial charge is 0.497 e. The molecule has 0 saturated heterocycles. The number of aromatic amines is 1. The van der Waals surface area contributed by atoms with E-state index in [0.29, 0.717) is 22.9 Å². The smallest absolute Gasteiger partial charge is 0.214 e. The van der Waals surface area contributed by atoms with Gasteiger partial charge < -0.3 is 19.6 Å². The summed E-state index contributed by atoms with van der Waals surface area (Å²) >= 11 is 5.36. The Morgan fingerprint density at radius 2 is 1.81 bits per heavy atom. The molecule has 0 fully saturated rings. The lowest BCUT2D eigenvalue weighted by molar-refractivity contribution is 0.391. The van der Waals surface area contributed by atoms with E-state index < -0.39 is 0 Å². The van der Waals surface area contributed by atoms with Crippen molar-refractivity contribution in [2.45, 2.75) is 6.54 Å². The number of hydrogen-bond acceptors (Lipinski definition) is 6. The van der Waals surface area contributed by atoms with Gasteiger partial charge in [0.25, 0.3) is 0 Å². The Labute approximate surface area is 156 Å². The van der Waals surface area contributed by atoms with Crippen LogP contribution in [-0.2, 0) is 6.54 Å². The van der Waals surface area contributed by atoms with Gasteiger partial charge in [0.15, 0.2) is 5.82 Å². The minimum Gasteiger partial charge on any atom is -0.497 e. The van der Waals surface area contributed by atoms with Gasteiger partial charge in [0.2, 0.25) is 4.77 Å². The molecule has 0 saturated carbocycles. The fourth-order valence-corrected chi connectivity index (χ4v) is 2.81. The first-order valence-corrected chi connectivity index (χ1v) is 8.34. The first kappa shape index (κ1) is 17.8. The highest BCUT2D eigenvalue weighted by molar-refractivity contribution is 7.71. The van der Waals surface area contributed by atoms with Crippen LogP contribution < -0.4 is 19.6 Å². The predicted molar refractivity (Wildman–Crippen MR) is 102 cm³/mol. The minimum atomic E-state index is 0.457. The molecule has 0 atom stereocenters. The van der Waals surface area contributed by atoms with Crippen LogP contribution in [0, 0.1) is 4.77 Å². The maximum absolute atomic E-state index is 5.44. The van der Waals surface area contributed by atoms with Crippen molar-refractivity contribution < 1.29 is 14.2 Å². The second-order valence-electron chi connectivity index (χ2n) is 5.40. The molecular weight excluding hydrogens is 352 g/mol. The number of benzene rings is 2. The number of rotatable bonds is 7. The van der Waals surface area contributed by atoms with Crippen LogP contribution in [0.4, 0.5) is 0 Å². The lowest BCUT2D eigenvalue weighted by atomic mass is 10.2. The zero-order valence-corrected chi connectivity index (χ0v) is 15.6. The maximum Gasteiger partial charge on any atom is 0.214 e. The fourth-order valence-electron chi connectivity index (χ4n) is 2.62. The van der Waals surface area contributed by atoms with E-state index in [4.69, 9.17) is 26.4 Å². The first-order chi connectivity index (χ1) is 12.7. The van der Waals surface area contributed by atoms with Crippen LogP contribution in [0.15, 0.2) is 42.5 Å². The zero-order chi connectivity index (χ0) is 18.5. The SMILES string of the molecule is COc1ccc(CNn2c(-c3ccccc3OC)n[nH]c2=S)c(OC)c1. The Bertz CT molecular complexity index is 952. The molecule has 0 bridgehead atoms. The van der Waals surface area contributed by atoms with Crippen molar-refractivity contribution in [1.82, 2.24) is 14.9 Å². The summed E-state index contributed by atoms with van der Waals surface area (Å²) in [4.78, 5) is 0. The van der Waals surface area contributed by atoms with Crippen molar-refractivity contribution in [1.29, 1.82) is 0 Å². The van der Waals surface area contributed by atoms with Crippen molar-refractivity contribution >= 4 is 12.2 Å². The number of nitrogens with one attached hydrogen (secondary N) is 2. The van der Waals surface area contributed by atoms with E-state index in [1.165, 1.54) is 0 Å². The van der Waals surface area contributed by atoms with Crippen molar-refractivity contribution in [3.8, 4) is 28.6 Å². The van der Waals surface area contributed by atoms with Gasteiger partial charge in [-0.05, 0) is 36.5 Å². The van der Waals surface area contributed by atoms with Gasteiger partial charge in [0.1, 0.15) is 17.2 Å². The number of H-pyrrole nitrogens is 1. The molecule has 0 amide bonds. The minimum absolute atomic E-state index is 0.457. The van der Waals surface area contributed by atoms with Gasteiger partial charge >= 0.3 is 0 Å². The summed E-state index contributed by atoms with van der Waals surface area (Å²) in [6.45, 7) is 0.489. The van der Waals surface area contributed by atoms with Crippen LogP contribution in [-0.4, -0.2) is 36.2 Å². The van der Waals surface area contributed by atoms with Gasteiger partial charge in [-0.15, -0.1) is 0 Å². The third-order valence-corrected chi connectivity index (χ3v) is 4.22. The molecule has 0 unspecified atom stereocenters. The molecule has 26 heavy (non-hydrogen) atoms. The van der Waals surface area contributed by atoms with Crippen LogP contribution in [0.3, 0.4) is 0 Å². The second-order valence-corrected chi connectivity index (χ2v) is 5.79. The lowest BCUT2D eigenvalue weighted by Crippen LogP contribution is -2.16. The fraction of sp³-hybridized carbons (Fsp3) is 0.222. The number of nitrogens with zero attached hydrogens (tertiary/aromatic N) is 2. The van der Waals surface area contributed by atoms with E-state index in [9.17, 15) is 0 Å². The lowest BCUT2D eigenvalue weighted by Gasteiger charge is -2.14. The van der Waals surface area contributed by atoms with E-state index in [1.807, 2.05) is 42.5 Å². The molecule has 0 spiro atoms. The molecule has 3 rings (SSSR count). The average molecular weight is 372 g/mol. The van der Waals surface area contributed by atoms with E-state index >= 15 is 0 Å². The summed E-state index contributed by atoms with van der Waals surface area (Å²) in [7, 11) is 4.87. The Morgan fingerprint density at radius 3 is 2.54 bits per heavy atom. The summed E-state index contributed by atoms with van der Waals surface area (Å²) in [5.41, 5.74) is 5.07. The molecule has 3 aromatic rings. The number of methoxy groups -OCH3 is 3. The van der Waals surface area contributed by atoms with Crippen LogP contribution in [0.25, 0.3) is 11.4 Å². The van der Waals surface area contributed by atoms with Crippen molar-refractivity contribution in [3.63, 3.8) is 0 Å². The van der Waals surface area contributed by atoms with Crippen molar-refractivity contribution in [2.75, 3.05) is 26.8 Å². The third-order valence-electron chi connectivity index (χ3n) is 3.94. The van der Waals surface area contributed by atoms with Crippen LogP contribution in [0.1, 0.15) is 5.56 Å². The number of hydrogen-bond donors (Lipinski definition) is 2. The van der Waals surface area contributed by atoms with Crippen LogP contribution in [0.5, 0.6) is 17.2 Å². The molecule has 1 aromatic heterocycles. The standard InChI is InChI=1S/C18H20N4O3S/c1-23-13-9-8-12(16(10-13)25-3)11-19-22-17(20-21-18(22)26)14-6-4-5-7-15(14)24-2/h4-10,19H,11H2,1-3H3,(H,21,26). The van der Waals surface area contributed by atoms with Crippen LogP contribution in [0.2, 0.25) is 0 Å². The molecule has 8 heteroatoms. The summed E-state index contributed by atoms with van der Waals surface area (Å²) in [6, 6.07) is 13.3. The molecular formula is C18H20N4O3S. The molecule has 1 heterocycles. The highest BCUT2D eigenvalue weighted by Gasteiger charge is 2.14. The zero-order valence-electron chi connectivity index (χ0n) is 14.8. The normalized spacial score (nSPS) is 10.4. The molecule has 136 valence electrons. The van der Waals surface area contributed by atoms with Crippen LogP contribution >= 0.6 is 12.2 Å². The molecule has 0 radical (unpaired) electrons. The Hall–Kier alpha value is -3.00.